The maximum atomic E-state index is 12.7. The highest BCUT2D eigenvalue weighted by Crippen LogP contribution is 2.20. The minimum absolute atomic E-state index is 0.220. The topological polar surface area (TPSA) is 39.2 Å². The number of nitrogens with two attached hydrogens (primary N) is 1. The van der Waals surface area contributed by atoms with Crippen LogP contribution < -0.4 is 5.73 Å². The number of hydrogen-bond donors (Lipinski definition) is 1. The van der Waals surface area contributed by atoms with Crippen molar-refractivity contribution in [3.05, 3.63) is 35.8 Å². The number of furan rings is 1. The molecule has 6 heteroatoms. The third-order valence-electron chi connectivity index (χ3n) is 1.96. The zero-order valence-electron chi connectivity index (χ0n) is 9.01. The van der Waals surface area contributed by atoms with Gasteiger partial charge < -0.3 is 10.2 Å². The quantitative estimate of drug-likeness (QED) is 0.727. The standard InChI is InChI=1S/C9H7FO.C2H4F3N/c1-6-5-11-9-3-2-7(10)4-8(6)9;3-2(4,5)1-6/h2-5H,1H3;1,6H2. The molecule has 1 aromatic carbocycles. The normalized spacial score (nSPS) is 11.2. The van der Waals surface area contributed by atoms with E-state index < -0.39 is 12.7 Å². The SMILES string of the molecule is Cc1coc2ccc(F)cc12.NCC(F)(F)F. The number of rotatable bonds is 0. The fourth-order valence-corrected chi connectivity index (χ4v) is 1.13. The number of alkyl halides is 3. The van der Waals surface area contributed by atoms with Crippen molar-refractivity contribution >= 4 is 11.0 Å². The molecule has 17 heavy (non-hydrogen) atoms. The van der Waals surface area contributed by atoms with Gasteiger partial charge in [0.05, 0.1) is 12.8 Å². The lowest BCUT2D eigenvalue weighted by atomic mass is 10.2. The highest BCUT2D eigenvalue weighted by Gasteiger charge is 2.23. The summed E-state index contributed by atoms with van der Waals surface area (Å²) in [6.45, 7) is 0.665. The Morgan fingerprint density at radius 1 is 1.29 bits per heavy atom. The van der Waals surface area contributed by atoms with E-state index in [1.165, 1.54) is 12.1 Å². The highest BCUT2D eigenvalue weighted by atomic mass is 19.4. The third kappa shape index (κ3) is 4.07. The largest absolute Gasteiger partial charge is 0.464 e. The van der Waals surface area contributed by atoms with Crippen LogP contribution in [0.25, 0.3) is 11.0 Å². The van der Waals surface area contributed by atoms with Gasteiger partial charge in [0, 0.05) is 5.39 Å². The summed E-state index contributed by atoms with van der Waals surface area (Å²) in [7, 11) is 0. The number of hydrogen-bond acceptors (Lipinski definition) is 2. The second-order valence-electron chi connectivity index (χ2n) is 3.38. The van der Waals surface area contributed by atoms with Crippen LogP contribution in [-0.2, 0) is 0 Å². The van der Waals surface area contributed by atoms with Crippen LogP contribution in [0.15, 0.2) is 28.9 Å². The zero-order chi connectivity index (χ0) is 13.1. The molecule has 0 radical (unpaired) electrons. The molecule has 0 atom stereocenters. The van der Waals surface area contributed by atoms with Crippen molar-refractivity contribution in [2.45, 2.75) is 13.1 Å². The van der Waals surface area contributed by atoms with Crippen molar-refractivity contribution in [3.63, 3.8) is 0 Å². The molecule has 2 rings (SSSR count). The lowest BCUT2D eigenvalue weighted by Gasteiger charge is -1.96. The molecule has 0 aliphatic heterocycles. The first kappa shape index (κ1) is 13.5. The predicted octanol–water partition coefficient (Wildman–Crippen LogP) is 3.39. The summed E-state index contributed by atoms with van der Waals surface area (Å²) in [5, 5.41) is 0.852. The first-order valence-corrected chi connectivity index (χ1v) is 4.73. The maximum Gasteiger partial charge on any atom is 0.400 e. The van der Waals surface area contributed by atoms with Gasteiger partial charge in [0.2, 0.25) is 0 Å². The number of halogens is 4. The van der Waals surface area contributed by atoms with E-state index in [4.69, 9.17) is 4.42 Å². The summed E-state index contributed by atoms with van der Waals surface area (Å²) >= 11 is 0. The van der Waals surface area contributed by atoms with Crippen LogP contribution in [0.2, 0.25) is 0 Å². The fraction of sp³-hybridized carbons (Fsp3) is 0.273. The summed E-state index contributed by atoms with van der Waals surface area (Å²) in [6.07, 6.45) is -2.55. The average molecular weight is 249 g/mol. The Labute approximate surface area is 95.0 Å². The van der Waals surface area contributed by atoms with E-state index in [1.807, 2.05) is 6.92 Å². The van der Waals surface area contributed by atoms with E-state index in [2.05, 4.69) is 5.73 Å². The van der Waals surface area contributed by atoms with E-state index in [-0.39, 0.29) is 5.82 Å². The van der Waals surface area contributed by atoms with Crippen LogP contribution in [0.5, 0.6) is 0 Å². The van der Waals surface area contributed by atoms with Crippen molar-refractivity contribution in [2.75, 3.05) is 6.54 Å². The molecule has 94 valence electrons. The van der Waals surface area contributed by atoms with Crippen LogP contribution in [0.1, 0.15) is 5.56 Å². The molecule has 2 N–H and O–H groups in total. The average Bonchev–Trinajstić information content (AvgIpc) is 2.60. The van der Waals surface area contributed by atoms with Gasteiger partial charge in [-0.05, 0) is 30.7 Å². The van der Waals surface area contributed by atoms with Gasteiger partial charge in [-0.1, -0.05) is 0 Å². The lowest BCUT2D eigenvalue weighted by molar-refractivity contribution is -0.118. The molecule has 0 saturated heterocycles. The predicted molar refractivity (Wildman–Crippen MR) is 56.0 cm³/mol. The zero-order valence-corrected chi connectivity index (χ0v) is 9.01. The maximum absolute atomic E-state index is 12.7. The molecule has 0 spiro atoms. The lowest BCUT2D eigenvalue weighted by Crippen LogP contribution is -2.21. The first-order valence-electron chi connectivity index (χ1n) is 4.73. The Morgan fingerprint density at radius 3 is 2.41 bits per heavy atom. The van der Waals surface area contributed by atoms with Crippen molar-refractivity contribution in [2.24, 2.45) is 5.73 Å². The van der Waals surface area contributed by atoms with Gasteiger partial charge in [-0.25, -0.2) is 4.39 Å². The van der Waals surface area contributed by atoms with E-state index in [0.717, 1.165) is 16.5 Å². The molecule has 0 fully saturated rings. The van der Waals surface area contributed by atoms with Crippen molar-refractivity contribution in [1.82, 2.24) is 0 Å². The third-order valence-corrected chi connectivity index (χ3v) is 1.96. The first-order chi connectivity index (χ1) is 7.83. The summed E-state index contributed by atoms with van der Waals surface area (Å²) in [5.41, 5.74) is 5.89. The number of fused-ring (bicyclic) bond motifs is 1. The number of benzene rings is 1. The van der Waals surface area contributed by atoms with Gasteiger partial charge in [-0.15, -0.1) is 0 Å². The van der Waals surface area contributed by atoms with Crippen LogP contribution in [0.4, 0.5) is 17.6 Å². The van der Waals surface area contributed by atoms with Gasteiger partial charge >= 0.3 is 6.18 Å². The molecule has 0 bridgehead atoms. The van der Waals surface area contributed by atoms with Crippen molar-refractivity contribution < 1.29 is 22.0 Å². The van der Waals surface area contributed by atoms with E-state index in [1.54, 1.807) is 12.3 Å². The highest BCUT2D eigenvalue weighted by molar-refractivity contribution is 5.80. The second-order valence-corrected chi connectivity index (χ2v) is 3.38. The van der Waals surface area contributed by atoms with Gasteiger partial charge in [-0.2, -0.15) is 13.2 Å². The monoisotopic (exact) mass is 249 g/mol. The van der Waals surface area contributed by atoms with Gasteiger partial charge in [0.25, 0.3) is 0 Å². The Balaban J connectivity index is 0.000000209. The Morgan fingerprint density at radius 2 is 1.88 bits per heavy atom. The molecule has 0 aliphatic rings. The van der Waals surface area contributed by atoms with Crippen LogP contribution >= 0.6 is 0 Å². The van der Waals surface area contributed by atoms with Crippen LogP contribution in [-0.4, -0.2) is 12.7 Å². The van der Waals surface area contributed by atoms with E-state index in [9.17, 15) is 17.6 Å². The minimum Gasteiger partial charge on any atom is -0.464 e. The molecule has 2 aromatic rings. The molecule has 1 aromatic heterocycles. The minimum atomic E-state index is -4.18. The second kappa shape index (κ2) is 5.18. The molecule has 2 nitrogen and oxygen atoms in total. The molecule has 0 unspecified atom stereocenters. The van der Waals surface area contributed by atoms with Crippen molar-refractivity contribution in [1.29, 1.82) is 0 Å². The molecule has 0 amide bonds. The fourth-order valence-electron chi connectivity index (χ4n) is 1.13. The summed E-state index contributed by atoms with van der Waals surface area (Å²) < 4.78 is 49.8. The van der Waals surface area contributed by atoms with Gasteiger partial charge in [0.15, 0.2) is 0 Å². The van der Waals surface area contributed by atoms with Crippen LogP contribution in [0.3, 0.4) is 0 Å². The Bertz CT molecular complexity index is 490. The smallest absolute Gasteiger partial charge is 0.400 e. The van der Waals surface area contributed by atoms with Gasteiger partial charge in [0.1, 0.15) is 11.4 Å². The summed E-state index contributed by atoms with van der Waals surface area (Å²) in [4.78, 5) is 0. The molecule has 0 aliphatic carbocycles. The van der Waals surface area contributed by atoms with Crippen molar-refractivity contribution in [3.8, 4) is 0 Å². The Hall–Kier alpha value is -1.56. The van der Waals surface area contributed by atoms with Gasteiger partial charge in [-0.3, -0.25) is 0 Å². The summed E-state index contributed by atoms with van der Waals surface area (Å²) in [5.74, 6) is -0.220. The van der Waals surface area contributed by atoms with E-state index in [0.29, 0.717) is 0 Å². The molecule has 1 heterocycles. The Kier molecular flexibility index (Phi) is 4.11. The number of aryl methyl sites for hydroxylation is 1. The summed E-state index contributed by atoms with van der Waals surface area (Å²) in [6, 6.07) is 4.51. The molecular weight excluding hydrogens is 238 g/mol. The van der Waals surface area contributed by atoms with E-state index >= 15 is 0 Å². The molecule has 0 saturated carbocycles. The van der Waals surface area contributed by atoms with Crippen LogP contribution in [0, 0.1) is 12.7 Å². The molecular formula is C11H11F4NO.